The van der Waals surface area contributed by atoms with Gasteiger partial charge in [0, 0.05) is 51.5 Å². The number of hydrogen-bond donors (Lipinski definition) is 0. The fourth-order valence-corrected chi connectivity index (χ4v) is 1.24. The third kappa shape index (κ3) is 5.02. The summed E-state index contributed by atoms with van der Waals surface area (Å²) >= 11 is 0. The zero-order valence-corrected chi connectivity index (χ0v) is 8.85. The van der Waals surface area contributed by atoms with Crippen LogP contribution in [0.15, 0.2) is 30.3 Å². The van der Waals surface area contributed by atoms with Crippen LogP contribution in [0.1, 0.15) is 24.8 Å². The van der Waals surface area contributed by atoms with Crippen molar-refractivity contribution < 1.29 is 42.5 Å². The monoisotopic (exact) mass is 204 g/mol. The molecule has 0 saturated carbocycles. The van der Waals surface area contributed by atoms with Crippen LogP contribution < -0.4 is 0 Å². The van der Waals surface area contributed by atoms with Crippen molar-refractivity contribution >= 4 is 0 Å². The van der Waals surface area contributed by atoms with E-state index in [1.165, 1.54) is 5.56 Å². The molecule has 0 spiro atoms. The minimum Gasteiger partial charge on any atom is -0.385 e. The molecule has 1 nitrogen and oxygen atoms in total. The van der Waals surface area contributed by atoms with Crippen molar-refractivity contribution in [2.45, 2.75) is 19.3 Å². The summed E-state index contributed by atoms with van der Waals surface area (Å²) in [5, 5.41) is 0. The van der Waals surface area contributed by atoms with Gasteiger partial charge >= 0.3 is 0 Å². The molecule has 0 fully saturated rings. The topological polar surface area (TPSA) is 9.23 Å². The fraction of sp³-hybridized carbons (Fsp3) is 0.455. The maximum absolute atomic E-state index is 5.03. The smallest absolute Gasteiger partial charge is 0.0467 e. The Kier molecular flexibility index (Phi) is 8.07. The quantitative estimate of drug-likeness (QED) is 0.732. The van der Waals surface area contributed by atoms with Crippen molar-refractivity contribution in [1.82, 2.24) is 0 Å². The van der Waals surface area contributed by atoms with E-state index < -0.39 is 0 Å². The van der Waals surface area contributed by atoms with Crippen LogP contribution >= 0.6 is 0 Å². The molecule has 0 N–H and O–H groups in total. The van der Waals surface area contributed by atoms with Crippen molar-refractivity contribution in [2.75, 3.05) is 13.7 Å². The van der Waals surface area contributed by atoms with E-state index in [-0.39, 0.29) is 37.7 Å². The number of ether oxygens (including phenoxy) is 1. The van der Waals surface area contributed by atoms with Gasteiger partial charge in [-0.2, -0.15) is 0 Å². The summed E-state index contributed by atoms with van der Waals surface area (Å²) in [5.41, 5.74) is 1.40. The molecule has 0 radical (unpaired) electrons. The van der Waals surface area contributed by atoms with Gasteiger partial charge in [-0.25, -0.2) is 0 Å². The first-order valence-electron chi connectivity index (χ1n) is 4.38. The number of hydrogen-bond acceptors (Lipinski definition) is 1. The molecule has 0 saturated heterocycles. The van der Waals surface area contributed by atoms with Crippen LogP contribution in [0, 0.1) is 37.7 Å². The first kappa shape index (κ1) is 13.4. The van der Waals surface area contributed by atoms with Gasteiger partial charge in [-0.05, 0) is 17.9 Å². The molecule has 0 heterocycles. The van der Waals surface area contributed by atoms with E-state index >= 15 is 0 Å². The Bertz CT molecular complexity index is 211. The number of methoxy groups -OCH3 is 1. The predicted octanol–water partition coefficient (Wildman–Crippen LogP) is 2.83. The molecule has 1 unspecified atom stereocenters. The third-order valence-electron chi connectivity index (χ3n) is 2.12. The van der Waals surface area contributed by atoms with Gasteiger partial charge in [0.05, 0.1) is 0 Å². The summed E-state index contributed by atoms with van der Waals surface area (Å²) in [4.78, 5) is 0. The van der Waals surface area contributed by atoms with E-state index in [9.17, 15) is 0 Å². The van der Waals surface area contributed by atoms with Gasteiger partial charge < -0.3 is 4.74 Å². The van der Waals surface area contributed by atoms with Crippen molar-refractivity contribution in [3.8, 4) is 0 Å². The molecular weight excluding hydrogens is 188 g/mol. The van der Waals surface area contributed by atoms with Gasteiger partial charge in [0.15, 0.2) is 0 Å². The van der Waals surface area contributed by atoms with Gasteiger partial charge in [0.1, 0.15) is 0 Å². The van der Waals surface area contributed by atoms with Crippen LogP contribution in [-0.4, -0.2) is 13.7 Å². The average molecular weight is 204 g/mol. The second-order valence-corrected chi connectivity index (χ2v) is 3.09. The normalized spacial score (nSPS) is 11.8. The van der Waals surface area contributed by atoms with Crippen molar-refractivity contribution in [3.05, 3.63) is 35.9 Å². The zero-order valence-electron chi connectivity index (χ0n) is 8.14. The summed E-state index contributed by atoms with van der Waals surface area (Å²) in [6, 6.07) is 10.5. The van der Waals surface area contributed by atoms with Crippen LogP contribution in [0.3, 0.4) is 0 Å². The second kappa shape index (κ2) is 7.81. The average Bonchev–Trinajstić information content (AvgIpc) is 2.15. The maximum atomic E-state index is 5.03. The van der Waals surface area contributed by atoms with Crippen LogP contribution in [0.5, 0.6) is 0 Å². The van der Waals surface area contributed by atoms with E-state index in [0.717, 1.165) is 13.0 Å². The van der Waals surface area contributed by atoms with Crippen LogP contribution in [0.4, 0.5) is 0 Å². The third-order valence-corrected chi connectivity index (χ3v) is 2.12. The van der Waals surface area contributed by atoms with Gasteiger partial charge in [0.25, 0.3) is 0 Å². The molecule has 0 aliphatic heterocycles. The van der Waals surface area contributed by atoms with Crippen LogP contribution in [0.2, 0.25) is 0 Å². The molecule has 1 aromatic rings. The molecule has 0 bridgehead atoms. The Labute approximate surface area is 110 Å². The summed E-state index contributed by atoms with van der Waals surface area (Å²) < 4.78 is 5.03. The maximum Gasteiger partial charge on any atom is 0.0467 e. The molecular formula is C11H16ArO. The summed E-state index contributed by atoms with van der Waals surface area (Å²) in [6.45, 7) is 3.07. The standard InChI is InChI=1S/C11H16O.Ar/c1-10(8-9-12-2)11-6-4-3-5-7-11;/h3-7,10H,8-9H2,1-2H3;. The van der Waals surface area contributed by atoms with Crippen LogP contribution in [-0.2, 0) is 4.74 Å². The minimum atomic E-state index is 0. The minimum absolute atomic E-state index is 0. The van der Waals surface area contributed by atoms with Gasteiger partial charge in [-0.15, -0.1) is 0 Å². The summed E-state index contributed by atoms with van der Waals surface area (Å²) in [7, 11) is 1.75. The Morgan fingerprint density at radius 2 is 1.85 bits per heavy atom. The van der Waals surface area contributed by atoms with Crippen LogP contribution in [0.25, 0.3) is 0 Å². The predicted molar refractivity (Wildman–Crippen MR) is 51.4 cm³/mol. The van der Waals surface area contributed by atoms with Crippen molar-refractivity contribution in [3.63, 3.8) is 0 Å². The first-order valence-corrected chi connectivity index (χ1v) is 4.38. The largest absolute Gasteiger partial charge is 0.385 e. The Balaban J connectivity index is 0.00000144. The Hall–Kier alpha value is 0.440. The molecule has 0 amide bonds. The summed E-state index contributed by atoms with van der Waals surface area (Å²) in [6.07, 6.45) is 1.10. The molecule has 74 valence electrons. The molecule has 1 atom stereocenters. The molecule has 1 rings (SSSR count). The SMILES string of the molecule is COCCC(C)c1ccccc1.[Ar]. The van der Waals surface area contributed by atoms with Crippen molar-refractivity contribution in [2.24, 2.45) is 0 Å². The first-order chi connectivity index (χ1) is 5.84. The second-order valence-electron chi connectivity index (χ2n) is 3.09. The van der Waals surface area contributed by atoms with E-state index in [2.05, 4.69) is 31.2 Å². The summed E-state index contributed by atoms with van der Waals surface area (Å²) in [5.74, 6) is 0.603. The zero-order chi connectivity index (χ0) is 8.81. The number of benzene rings is 1. The van der Waals surface area contributed by atoms with Gasteiger partial charge in [-0.3, -0.25) is 0 Å². The molecule has 2 heteroatoms. The number of rotatable bonds is 4. The molecule has 13 heavy (non-hydrogen) atoms. The van der Waals surface area contributed by atoms with E-state index in [1.54, 1.807) is 7.11 Å². The van der Waals surface area contributed by atoms with E-state index in [1.807, 2.05) is 6.07 Å². The Morgan fingerprint density at radius 3 is 2.38 bits per heavy atom. The Morgan fingerprint density at radius 1 is 1.23 bits per heavy atom. The van der Waals surface area contributed by atoms with E-state index in [0.29, 0.717) is 5.92 Å². The molecule has 0 aromatic heterocycles. The molecule has 0 aliphatic rings. The van der Waals surface area contributed by atoms with Gasteiger partial charge in [-0.1, -0.05) is 37.3 Å². The molecule has 1 aromatic carbocycles. The van der Waals surface area contributed by atoms with Crippen molar-refractivity contribution in [1.29, 1.82) is 0 Å². The molecule has 0 aliphatic carbocycles. The van der Waals surface area contributed by atoms with Gasteiger partial charge in [0.2, 0.25) is 0 Å². The fourth-order valence-electron chi connectivity index (χ4n) is 1.24. The van der Waals surface area contributed by atoms with E-state index in [4.69, 9.17) is 4.74 Å².